The van der Waals surface area contributed by atoms with Crippen molar-refractivity contribution in [2.75, 3.05) is 13.7 Å². The number of carbonyl (C=O) groups is 1. The van der Waals surface area contributed by atoms with Crippen molar-refractivity contribution < 1.29 is 19.5 Å². The van der Waals surface area contributed by atoms with E-state index in [1.807, 2.05) is 18.2 Å². The molecule has 0 aliphatic carbocycles. The molecule has 0 heterocycles. The highest BCUT2D eigenvalue weighted by molar-refractivity contribution is 5.92. The van der Waals surface area contributed by atoms with Crippen LogP contribution in [0.1, 0.15) is 109 Å². The molecule has 1 amide bonds. The fraction of sp³-hybridized carbons (Fsp3) is 0.633. The second-order valence-corrected chi connectivity index (χ2v) is 9.34. The van der Waals surface area contributed by atoms with E-state index in [4.69, 9.17) is 9.57 Å². The van der Waals surface area contributed by atoms with Crippen LogP contribution in [0.15, 0.2) is 42.2 Å². The quantitative estimate of drug-likeness (QED) is 0.0665. The Kier molecular flexibility index (Phi) is 16.7. The van der Waals surface area contributed by atoms with E-state index in [1.54, 1.807) is 20.0 Å². The number of likely N-dealkylation sites (N-methyl/N-ethyl adjacent to an activating group) is 1. The van der Waals surface area contributed by atoms with Crippen LogP contribution >= 0.6 is 0 Å². The first-order valence-corrected chi connectivity index (χ1v) is 13.6. The zero-order valence-electron chi connectivity index (χ0n) is 22.7. The second-order valence-electron chi connectivity index (χ2n) is 9.34. The number of amides is 1. The van der Waals surface area contributed by atoms with Crippen molar-refractivity contribution in [3.63, 3.8) is 0 Å². The highest BCUT2D eigenvalue weighted by Crippen LogP contribution is 2.22. The van der Waals surface area contributed by atoms with E-state index in [1.165, 1.54) is 49.2 Å². The molecule has 0 aliphatic heterocycles. The molecule has 0 bridgehead atoms. The minimum Gasteiger partial charge on any atom is -0.508 e. The fourth-order valence-corrected chi connectivity index (χ4v) is 3.93. The average Bonchev–Trinajstić information content (AvgIpc) is 2.86. The zero-order chi connectivity index (χ0) is 25.9. The number of allylic oxidation sites excluding steroid dienone is 2. The van der Waals surface area contributed by atoms with E-state index in [2.05, 4.69) is 20.4 Å². The summed E-state index contributed by atoms with van der Waals surface area (Å²) in [6.45, 7) is 10.7. The molecular formula is C30H49NO4. The van der Waals surface area contributed by atoms with E-state index in [9.17, 15) is 9.90 Å². The van der Waals surface area contributed by atoms with Gasteiger partial charge in [0, 0.05) is 19.0 Å². The van der Waals surface area contributed by atoms with Crippen molar-refractivity contribution in [2.45, 2.75) is 111 Å². The molecule has 0 fully saturated rings. The van der Waals surface area contributed by atoms with Crippen LogP contribution in [-0.2, 0) is 27.4 Å². The average molecular weight is 488 g/mol. The summed E-state index contributed by atoms with van der Waals surface area (Å²) in [6, 6.07) is 5.68. The normalized spacial score (nSPS) is 11.8. The summed E-state index contributed by atoms with van der Waals surface area (Å²) in [5.74, 6) is 0.645. The third kappa shape index (κ3) is 12.8. The van der Waals surface area contributed by atoms with Gasteiger partial charge in [-0.2, -0.15) is 0 Å². The van der Waals surface area contributed by atoms with Gasteiger partial charge >= 0.3 is 0 Å². The molecular weight excluding hydrogens is 438 g/mol. The molecule has 1 aromatic rings. The maximum Gasteiger partial charge on any atom is 0.276 e. The monoisotopic (exact) mass is 487 g/mol. The highest BCUT2D eigenvalue weighted by Gasteiger charge is 2.18. The topological polar surface area (TPSA) is 59.0 Å². The van der Waals surface area contributed by atoms with Crippen molar-refractivity contribution in [3.05, 3.63) is 53.3 Å². The maximum absolute atomic E-state index is 13.0. The van der Waals surface area contributed by atoms with Crippen LogP contribution < -0.4 is 0 Å². The maximum atomic E-state index is 13.0. The van der Waals surface area contributed by atoms with Gasteiger partial charge in [0.2, 0.25) is 0 Å². The number of ether oxygens (including phenoxy) is 1. The molecule has 1 N–H and O–H groups in total. The molecule has 1 rings (SSSR count). The molecule has 0 saturated carbocycles. The molecule has 5 heteroatoms. The summed E-state index contributed by atoms with van der Waals surface area (Å²) in [7, 11) is 1.60. The summed E-state index contributed by atoms with van der Waals surface area (Å²) in [5, 5.41) is 11.5. The Hall–Kier alpha value is -2.27. The van der Waals surface area contributed by atoms with Crippen molar-refractivity contribution in [1.82, 2.24) is 5.06 Å². The number of hydrogen-bond donors (Lipinski definition) is 1. The van der Waals surface area contributed by atoms with Crippen LogP contribution in [0.25, 0.3) is 0 Å². The van der Waals surface area contributed by atoms with Gasteiger partial charge in [-0.1, -0.05) is 77.4 Å². The van der Waals surface area contributed by atoms with Gasteiger partial charge in [-0.05, 0) is 50.3 Å². The number of unbranched alkanes of at least 4 members (excludes halogenated alkanes) is 8. The number of rotatable bonds is 20. The Morgan fingerprint density at radius 1 is 1.03 bits per heavy atom. The first-order valence-electron chi connectivity index (χ1n) is 13.6. The van der Waals surface area contributed by atoms with Gasteiger partial charge in [0.25, 0.3) is 5.91 Å². The lowest BCUT2D eigenvalue weighted by Gasteiger charge is -2.20. The SMILES string of the molecule is C=CCCC(OCCCCC)=C(C)C(=O)N(C)OCc1cc(CCCCCCCCC)ccc1O. The molecule has 0 aromatic heterocycles. The zero-order valence-corrected chi connectivity index (χ0v) is 22.7. The predicted molar refractivity (Wildman–Crippen MR) is 145 cm³/mol. The van der Waals surface area contributed by atoms with Gasteiger partial charge in [0.05, 0.1) is 12.2 Å². The number of phenols is 1. The van der Waals surface area contributed by atoms with Gasteiger partial charge in [0.1, 0.15) is 18.1 Å². The first-order chi connectivity index (χ1) is 16.9. The standard InChI is InChI=1S/C30H49NO4/c1-6-9-12-13-14-15-16-18-26-20-21-28(32)27(23-26)24-35-31(5)30(33)25(4)29(19-11-8-3)34-22-17-10-7-2/h8,20-21,23,32H,3,6-7,9-19,22,24H2,1-2,4-5H3. The third-order valence-corrected chi connectivity index (χ3v) is 6.25. The van der Waals surface area contributed by atoms with Crippen LogP contribution in [-0.4, -0.2) is 29.7 Å². The smallest absolute Gasteiger partial charge is 0.276 e. The van der Waals surface area contributed by atoms with Crippen LogP contribution in [0.3, 0.4) is 0 Å². The van der Waals surface area contributed by atoms with Crippen LogP contribution in [0.4, 0.5) is 0 Å². The number of phenolic OH excluding ortho intramolecular Hbond substituents is 1. The van der Waals surface area contributed by atoms with E-state index >= 15 is 0 Å². The first kappa shape index (κ1) is 30.8. The van der Waals surface area contributed by atoms with Gasteiger partial charge < -0.3 is 9.84 Å². The van der Waals surface area contributed by atoms with Crippen molar-refractivity contribution in [1.29, 1.82) is 0 Å². The summed E-state index contributed by atoms with van der Waals surface area (Å²) in [6.07, 6.45) is 16.3. The molecule has 0 saturated heterocycles. The summed E-state index contributed by atoms with van der Waals surface area (Å²) >= 11 is 0. The Morgan fingerprint density at radius 2 is 1.69 bits per heavy atom. The van der Waals surface area contributed by atoms with E-state index in [0.29, 0.717) is 29.9 Å². The Bertz CT molecular complexity index is 772. The van der Waals surface area contributed by atoms with Crippen LogP contribution in [0.5, 0.6) is 5.75 Å². The summed E-state index contributed by atoms with van der Waals surface area (Å²) in [5.41, 5.74) is 2.42. The van der Waals surface area contributed by atoms with Crippen LogP contribution in [0, 0.1) is 0 Å². The second kappa shape index (κ2) is 19.0. The fourth-order valence-electron chi connectivity index (χ4n) is 3.93. The molecule has 35 heavy (non-hydrogen) atoms. The molecule has 198 valence electrons. The lowest BCUT2D eigenvalue weighted by atomic mass is 10.0. The number of hydroxylamine groups is 2. The minimum atomic E-state index is -0.238. The van der Waals surface area contributed by atoms with Gasteiger partial charge in [-0.15, -0.1) is 6.58 Å². The Balaban J connectivity index is 2.64. The molecule has 5 nitrogen and oxygen atoms in total. The summed E-state index contributed by atoms with van der Waals surface area (Å²) in [4.78, 5) is 18.7. The van der Waals surface area contributed by atoms with Crippen LogP contribution in [0.2, 0.25) is 0 Å². The van der Waals surface area contributed by atoms with Crippen molar-refractivity contribution in [2.24, 2.45) is 0 Å². The highest BCUT2D eigenvalue weighted by atomic mass is 16.7. The molecule has 0 spiro atoms. The number of nitrogens with zero attached hydrogens (tertiary/aromatic N) is 1. The van der Waals surface area contributed by atoms with Crippen molar-refractivity contribution in [3.8, 4) is 5.75 Å². The number of benzene rings is 1. The number of hydrogen-bond acceptors (Lipinski definition) is 4. The molecule has 0 unspecified atom stereocenters. The van der Waals surface area contributed by atoms with E-state index < -0.39 is 0 Å². The lowest BCUT2D eigenvalue weighted by Crippen LogP contribution is -2.28. The molecule has 0 atom stereocenters. The molecule has 1 aromatic carbocycles. The predicted octanol–water partition coefficient (Wildman–Crippen LogP) is 8.02. The van der Waals surface area contributed by atoms with Crippen molar-refractivity contribution >= 4 is 5.91 Å². The summed E-state index contributed by atoms with van der Waals surface area (Å²) < 4.78 is 5.94. The molecule has 0 aliphatic rings. The largest absolute Gasteiger partial charge is 0.508 e. The van der Waals surface area contributed by atoms with E-state index in [0.717, 1.165) is 38.5 Å². The minimum absolute atomic E-state index is 0.131. The van der Waals surface area contributed by atoms with Gasteiger partial charge in [0.15, 0.2) is 0 Å². The number of aromatic hydroxyl groups is 1. The lowest BCUT2D eigenvalue weighted by molar-refractivity contribution is -0.178. The van der Waals surface area contributed by atoms with Gasteiger partial charge in [-0.3, -0.25) is 9.63 Å². The Labute approximate surface area is 214 Å². The molecule has 0 radical (unpaired) electrons. The number of aryl methyl sites for hydroxylation is 1. The number of carbonyl (C=O) groups excluding carboxylic acids is 1. The third-order valence-electron chi connectivity index (χ3n) is 6.25. The Morgan fingerprint density at radius 3 is 2.37 bits per heavy atom. The van der Waals surface area contributed by atoms with Gasteiger partial charge in [-0.25, -0.2) is 5.06 Å². The van der Waals surface area contributed by atoms with E-state index in [-0.39, 0.29) is 18.3 Å².